The number of Topliss-reactive ketones (excluding diaryl/α,β-unsaturated/α-hetero) is 1. The Morgan fingerprint density at radius 2 is 2.20 bits per heavy atom. The molecule has 0 aliphatic rings. The van der Waals surface area contributed by atoms with Crippen LogP contribution in [0.3, 0.4) is 0 Å². The second kappa shape index (κ2) is 6.09. The number of ether oxygens (including phenoxy) is 1. The van der Waals surface area contributed by atoms with E-state index in [0.29, 0.717) is 16.5 Å². The molecule has 1 aromatic heterocycles. The number of rotatable bonds is 5. The van der Waals surface area contributed by atoms with Crippen LogP contribution in [0.25, 0.3) is 0 Å². The van der Waals surface area contributed by atoms with E-state index < -0.39 is 0 Å². The summed E-state index contributed by atoms with van der Waals surface area (Å²) in [7, 11) is 1.54. The lowest BCUT2D eigenvalue weighted by atomic mass is 10.1. The van der Waals surface area contributed by atoms with Crippen LogP contribution in [-0.2, 0) is 6.42 Å². The van der Waals surface area contributed by atoms with E-state index in [2.05, 4.69) is 5.10 Å². The van der Waals surface area contributed by atoms with Gasteiger partial charge in [0.1, 0.15) is 5.69 Å². The van der Waals surface area contributed by atoms with Crippen molar-refractivity contribution in [1.82, 2.24) is 9.78 Å². The number of carbonyl (C=O) groups is 1. The van der Waals surface area contributed by atoms with Gasteiger partial charge in [-0.3, -0.25) is 9.48 Å². The molecule has 20 heavy (non-hydrogen) atoms. The summed E-state index contributed by atoms with van der Waals surface area (Å²) < 4.78 is 6.91. The van der Waals surface area contributed by atoms with Gasteiger partial charge in [-0.15, -0.1) is 0 Å². The highest BCUT2D eigenvalue weighted by Gasteiger charge is 2.21. The highest BCUT2D eigenvalue weighted by Crippen LogP contribution is 2.23. The molecule has 0 fully saturated rings. The van der Waals surface area contributed by atoms with Crippen LogP contribution in [0.15, 0.2) is 30.5 Å². The second-order valence-corrected chi connectivity index (χ2v) is 5.27. The van der Waals surface area contributed by atoms with Crippen LogP contribution in [-0.4, -0.2) is 22.7 Å². The Kier molecular flexibility index (Phi) is 4.45. The molecule has 1 aromatic carbocycles. The fourth-order valence-corrected chi connectivity index (χ4v) is 2.28. The first kappa shape index (κ1) is 14.6. The molecule has 0 atom stereocenters. The molecule has 0 bridgehead atoms. The van der Waals surface area contributed by atoms with Crippen LogP contribution in [0.5, 0.6) is 5.75 Å². The summed E-state index contributed by atoms with van der Waals surface area (Å²) in [5.41, 5.74) is 1.38. The van der Waals surface area contributed by atoms with Gasteiger partial charge in [0, 0.05) is 17.5 Å². The van der Waals surface area contributed by atoms with Crippen LogP contribution in [0.4, 0.5) is 0 Å². The van der Waals surface area contributed by atoms with Crippen molar-refractivity contribution in [3.8, 4) is 5.75 Å². The lowest BCUT2D eigenvalue weighted by Crippen LogP contribution is -2.15. The summed E-state index contributed by atoms with van der Waals surface area (Å²) in [6.45, 7) is 3.95. The molecule has 0 aliphatic heterocycles. The van der Waals surface area contributed by atoms with Gasteiger partial charge in [-0.2, -0.15) is 5.10 Å². The van der Waals surface area contributed by atoms with E-state index in [9.17, 15) is 4.79 Å². The maximum atomic E-state index is 12.5. The van der Waals surface area contributed by atoms with E-state index in [1.165, 1.54) is 7.11 Å². The van der Waals surface area contributed by atoms with Gasteiger partial charge in [0.15, 0.2) is 11.5 Å². The van der Waals surface area contributed by atoms with Crippen LogP contribution in [0.2, 0.25) is 5.02 Å². The summed E-state index contributed by atoms with van der Waals surface area (Å²) in [4.78, 5) is 12.5. The van der Waals surface area contributed by atoms with E-state index in [-0.39, 0.29) is 18.2 Å². The standard InChI is InChI=1S/C15H17ClN2O2/c1-10(2)18-15(14(20-3)9-17-18)13(19)8-11-5-4-6-12(16)7-11/h4-7,9-10H,8H2,1-3H3. The van der Waals surface area contributed by atoms with Gasteiger partial charge in [-0.05, 0) is 31.5 Å². The number of halogens is 1. The Labute approximate surface area is 123 Å². The summed E-state index contributed by atoms with van der Waals surface area (Å²) in [5, 5.41) is 4.84. The largest absolute Gasteiger partial charge is 0.493 e. The number of ketones is 1. The number of hydrogen-bond acceptors (Lipinski definition) is 3. The molecule has 2 aromatic rings. The maximum absolute atomic E-state index is 12.5. The normalized spacial score (nSPS) is 10.8. The molecular formula is C15H17ClN2O2. The molecule has 2 rings (SSSR count). The molecule has 106 valence electrons. The highest BCUT2D eigenvalue weighted by atomic mass is 35.5. The lowest BCUT2D eigenvalue weighted by molar-refractivity contribution is 0.0977. The van der Waals surface area contributed by atoms with E-state index in [4.69, 9.17) is 16.3 Å². The fourth-order valence-electron chi connectivity index (χ4n) is 2.07. The average Bonchev–Trinajstić information content (AvgIpc) is 2.82. The Morgan fingerprint density at radius 1 is 1.45 bits per heavy atom. The van der Waals surface area contributed by atoms with Crippen molar-refractivity contribution in [2.24, 2.45) is 0 Å². The molecule has 0 saturated carbocycles. The molecule has 0 radical (unpaired) electrons. The Hall–Kier alpha value is -1.81. The molecule has 0 saturated heterocycles. The number of aromatic nitrogens is 2. The van der Waals surface area contributed by atoms with E-state index >= 15 is 0 Å². The van der Waals surface area contributed by atoms with E-state index in [1.807, 2.05) is 26.0 Å². The van der Waals surface area contributed by atoms with Gasteiger partial charge < -0.3 is 4.74 Å². The average molecular weight is 293 g/mol. The lowest BCUT2D eigenvalue weighted by Gasteiger charge is -2.11. The summed E-state index contributed by atoms with van der Waals surface area (Å²) >= 11 is 5.94. The molecule has 5 heteroatoms. The number of benzene rings is 1. The fraction of sp³-hybridized carbons (Fsp3) is 0.333. The van der Waals surface area contributed by atoms with E-state index in [0.717, 1.165) is 5.56 Å². The number of carbonyl (C=O) groups excluding carboxylic acids is 1. The SMILES string of the molecule is COc1cnn(C(C)C)c1C(=O)Cc1cccc(Cl)c1. The van der Waals surface area contributed by atoms with E-state index in [1.54, 1.807) is 23.0 Å². The van der Waals surface area contributed by atoms with Crippen molar-refractivity contribution >= 4 is 17.4 Å². The third-order valence-corrected chi connectivity index (χ3v) is 3.22. The van der Waals surface area contributed by atoms with Crippen molar-refractivity contribution in [2.75, 3.05) is 7.11 Å². The maximum Gasteiger partial charge on any atom is 0.189 e. The van der Waals surface area contributed by atoms with Crippen LogP contribution >= 0.6 is 11.6 Å². The topological polar surface area (TPSA) is 44.1 Å². The van der Waals surface area contributed by atoms with Gasteiger partial charge >= 0.3 is 0 Å². The molecule has 0 amide bonds. The first-order chi connectivity index (χ1) is 9.52. The molecule has 0 unspecified atom stereocenters. The van der Waals surface area contributed by atoms with Gasteiger partial charge in [-0.1, -0.05) is 23.7 Å². The van der Waals surface area contributed by atoms with Crippen LogP contribution < -0.4 is 4.74 Å². The van der Waals surface area contributed by atoms with Crippen molar-refractivity contribution in [3.63, 3.8) is 0 Å². The third kappa shape index (κ3) is 3.02. The van der Waals surface area contributed by atoms with Gasteiger partial charge in [0.25, 0.3) is 0 Å². The van der Waals surface area contributed by atoms with Gasteiger partial charge in [-0.25, -0.2) is 0 Å². The quantitative estimate of drug-likeness (QED) is 0.792. The van der Waals surface area contributed by atoms with Crippen LogP contribution in [0.1, 0.15) is 35.9 Å². The Bertz CT molecular complexity index is 620. The van der Waals surface area contributed by atoms with Gasteiger partial charge in [0.05, 0.1) is 13.3 Å². The Balaban J connectivity index is 2.31. The first-order valence-electron chi connectivity index (χ1n) is 6.42. The molecular weight excluding hydrogens is 276 g/mol. The molecule has 4 nitrogen and oxygen atoms in total. The zero-order chi connectivity index (χ0) is 14.7. The minimum absolute atomic E-state index is 0.0321. The minimum atomic E-state index is -0.0321. The number of methoxy groups -OCH3 is 1. The smallest absolute Gasteiger partial charge is 0.189 e. The zero-order valence-electron chi connectivity index (χ0n) is 11.8. The molecule has 0 aliphatic carbocycles. The van der Waals surface area contributed by atoms with Crippen molar-refractivity contribution in [2.45, 2.75) is 26.3 Å². The molecule has 1 heterocycles. The predicted molar refractivity (Wildman–Crippen MR) is 78.7 cm³/mol. The summed E-state index contributed by atoms with van der Waals surface area (Å²) in [5.74, 6) is 0.473. The summed E-state index contributed by atoms with van der Waals surface area (Å²) in [6, 6.07) is 7.39. The number of nitrogens with zero attached hydrogens (tertiary/aromatic N) is 2. The Morgan fingerprint density at radius 3 is 2.80 bits per heavy atom. The van der Waals surface area contributed by atoms with Crippen molar-refractivity contribution < 1.29 is 9.53 Å². The van der Waals surface area contributed by atoms with Crippen molar-refractivity contribution in [3.05, 3.63) is 46.7 Å². The molecule has 0 spiro atoms. The zero-order valence-corrected chi connectivity index (χ0v) is 12.5. The minimum Gasteiger partial charge on any atom is -0.493 e. The number of hydrogen-bond donors (Lipinski definition) is 0. The third-order valence-electron chi connectivity index (χ3n) is 2.99. The highest BCUT2D eigenvalue weighted by molar-refractivity contribution is 6.30. The monoisotopic (exact) mass is 292 g/mol. The molecule has 0 N–H and O–H groups in total. The van der Waals surface area contributed by atoms with Gasteiger partial charge in [0.2, 0.25) is 0 Å². The second-order valence-electron chi connectivity index (χ2n) is 4.83. The van der Waals surface area contributed by atoms with Crippen molar-refractivity contribution in [1.29, 1.82) is 0 Å². The van der Waals surface area contributed by atoms with Crippen LogP contribution in [0, 0.1) is 0 Å². The summed E-state index contributed by atoms with van der Waals surface area (Å²) in [6.07, 6.45) is 1.85. The first-order valence-corrected chi connectivity index (χ1v) is 6.80. The predicted octanol–water partition coefficient (Wildman–Crippen LogP) is 3.55.